The van der Waals surface area contributed by atoms with Crippen molar-refractivity contribution in [3.63, 3.8) is 0 Å². The highest BCUT2D eigenvalue weighted by atomic mass is 16.5. The summed E-state index contributed by atoms with van der Waals surface area (Å²) in [7, 11) is 0. The average Bonchev–Trinajstić information content (AvgIpc) is 2.81. The summed E-state index contributed by atoms with van der Waals surface area (Å²) in [5, 5.41) is 0.727. The molecule has 0 N–H and O–H groups in total. The first-order valence-corrected chi connectivity index (χ1v) is 10.8. The van der Waals surface area contributed by atoms with Crippen LogP contribution in [0, 0.1) is 6.92 Å². The van der Waals surface area contributed by atoms with Crippen LogP contribution in [0.5, 0.6) is 0 Å². The van der Waals surface area contributed by atoms with Gasteiger partial charge in [-0.1, -0.05) is 62.4 Å². The van der Waals surface area contributed by atoms with Gasteiger partial charge in [0, 0.05) is 28.1 Å². The molecule has 0 aliphatic carbocycles. The predicted octanol–water partition coefficient (Wildman–Crippen LogP) is 5.81. The van der Waals surface area contributed by atoms with Crippen LogP contribution >= 0.6 is 0 Å². The number of ether oxygens (including phenoxy) is 1. The van der Waals surface area contributed by atoms with Crippen molar-refractivity contribution in [2.75, 3.05) is 0 Å². The monoisotopic (exact) mass is 440 g/mol. The molecule has 166 valence electrons. The molecule has 1 aromatic heterocycles. The lowest BCUT2D eigenvalue weighted by Crippen LogP contribution is -2.13. The predicted molar refractivity (Wildman–Crippen MR) is 127 cm³/mol. The molecule has 0 saturated heterocycles. The summed E-state index contributed by atoms with van der Waals surface area (Å²) in [6, 6.07) is 20.5. The quantitative estimate of drug-likeness (QED) is 0.215. The summed E-state index contributed by atoms with van der Waals surface area (Å²) in [5.41, 5.74) is 3.59. The molecule has 0 unspecified atom stereocenters. The van der Waals surface area contributed by atoms with E-state index in [1.54, 1.807) is 48.5 Å². The fourth-order valence-electron chi connectivity index (χ4n) is 3.96. The summed E-state index contributed by atoms with van der Waals surface area (Å²) in [6.45, 7) is 6.04. The third-order valence-electron chi connectivity index (χ3n) is 5.63. The number of rotatable bonds is 6. The molecule has 0 spiro atoms. The molecule has 0 aliphatic heterocycles. The number of hydrogen-bond donors (Lipinski definition) is 0. The van der Waals surface area contributed by atoms with Crippen molar-refractivity contribution in [1.82, 2.24) is 0 Å². The first-order chi connectivity index (χ1) is 15.8. The van der Waals surface area contributed by atoms with Gasteiger partial charge in [-0.3, -0.25) is 4.79 Å². The maximum absolute atomic E-state index is 12.9. The van der Waals surface area contributed by atoms with Crippen LogP contribution in [0.15, 0.2) is 82.0 Å². The summed E-state index contributed by atoms with van der Waals surface area (Å²) < 4.78 is 10.9. The molecule has 0 bridgehead atoms. The fourth-order valence-corrected chi connectivity index (χ4v) is 3.96. The van der Waals surface area contributed by atoms with E-state index in [9.17, 15) is 14.4 Å². The smallest absolute Gasteiger partial charge is 0.339 e. The SMILES string of the molecule is Cc1cc2oc(=O)cc(COC(=O)c3ccccc3C(=O)c3ccccc3)c2cc1C(C)C. The number of esters is 1. The Labute approximate surface area is 191 Å². The molecule has 0 fully saturated rings. The number of hydrogen-bond acceptors (Lipinski definition) is 5. The van der Waals surface area contributed by atoms with Gasteiger partial charge >= 0.3 is 11.6 Å². The lowest BCUT2D eigenvalue weighted by Gasteiger charge is -2.13. The highest BCUT2D eigenvalue weighted by Gasteiger charge is 2.20. The second kappa shape index (κ2) is 9.25. The molecule has 4 aromatic rings. The number of carbonyl (C=O) groups excluding carboxylic acids is 2. The Balaban J connectivity index is 1.65. The molecule has 0 amide bonds. The van der Waals surface area contributed by atoms with Crippen molar-refractivity contribution in [3.8, 4) is 0 Å². The van der Waals surface area contributed by atoms with Crippen LogP contribution in [0.4, 0.5) is 0 Å². The van der Waals surface area contributed by atoms with Gasteiger partial charge in [-0.05, 0) is 42.2 Å². The van der Waals surface area contributed by atoms with Crippen LogP contribution in [0.3, 0.4) is 0 Å². The lowest BCUT2D eigenvalue weighted by molar-refractivity contribution is 0.0471. The maximum atomic E-state index is 12.9. The van der Waals surface area contributed by atoms with Crippen LogP contribution in [0.2, 0.25) is 0 Å². The number of carbonyl (C=O) groups is 2. The number of benzene rings is 3. The Morgan fingerprint density at radius 3 is 2.27 bits per heavy atom. The van der Waals surface area contributed by atoms with E-state index < -0.39 is 11.6 Å². The zero-order valence-corrected chi connectivity index (χ0v) is 18.8. The Morgan fingerprint density at radius 1 is 0.909 bits per heavy atom. The largest absolute Gasteiger partial charge is 0.457 e. The molecule has 1 heterocycles. The normalized spacial score (nSPS) is 11.0. The molecule has 5 heteroatoms. The van der Waals surface area contributed by atoms with E-state index in [2.05, 4.69) is 13.8 Å². The summed E-state index contributed by atoms with van der Waals surface area (Å²) in [4.78, 5) is 38.0. The van der Waals surface area contributed by atoms with E-state index in [0.717, 1.165) is 16.5 Å². The number of aryl methyl sites for hydroxylation is 1. The van der Waals surface area contributed by atoms with Crippen LogP contribution in [-0.2, 0) is 11.3 Å². The molecule has 0 atom stereocenters. The van der Waals surface area contributed by atoms with Crippen LogP contribution in [0.1, 0.15) is 62.7 Å². The molecule has 0 radical (unpaired) electrons. The molecule has 0 aliphatic rings. The Bertz CT molecular complexity index is 1400. The second-order valence-corrected chi connectivity index (χ2v) is 8.27. The van der Waals surface area contributed by atoms with Crippen LogP contribution < -0.4 is 5.63 Å². The zero-order valence-electron chi connectivity index (χ0n) is 18.8. The second-order valence-electron chi connectivity index (χ2n) is 8.27. The van der Waals surface area contributed by atoms with Gasteiger partial charge in [-0.25, -0.2) is 9.59 Å². The first kappa shape index (κ1) is 22.2. The topological polar surface area (TPSA) is 73.6 Å². The summed E-state index contributed by atoms with van der Waals surface area (Å²) in [6.07, 6.45) is 0. The van der Waals surface area contributed by atoms with E-state index in [1.807, 2.05) is 25.1 Å². The van der Waals surface area contributed by atoms with Crippen LogP contribution in [0.25, 0.3) is 11.0 Å². The molecule has 3 aromatic carbocycles. The Kier molecular flexibility index (Phi) is 6.22. The molecule has 4 rings (SSSR count). The van der Waals surface area contributed by atoms with Crippen molar-refractivity contribution >= 4 is 22.7 Å². The van der Waals surface area contributed by atoms with E-state index in [0.29, 0.717) is 16.7 Å². The first-order valence-electron chi connectivity index (χ1n) is 10.8. The standard InChI is InChI=1S/C28H24O5/c1-17(2)23-15-24-20(14-26(29)33-25(24)13-18(23)3)16-32-28(31)22-12-8-7-11-21(22)27(30)19-9-5-4-6-10-19/h4-15,17H,16H2,1-3H3. The molecule has 33 heavy (non-hydrogen) atoms. The van der Waals surface area contributed by atoms with Crippen molar-refractivity contribution in [2.24, 2.45) is 0 Å². The van der Waals surface area contributed by atoms with Gasteiger partial charge in [0.1, 0.15) is 12.2 Å². The zero-order chi connectivity index (χ0) is 23.5. The van der Waals surface area contributed by atoms with E-state index >= 15 is 0 Å². The van der Waals surface area contributed by atoms with Gasteiger partial charge in [0.15, 0.2) is 5.78 Å². The minimum absolute atomic E-state index is 0.116. The van der Waals surface area contributed by atoms with E-state index in [1.165, 1.54) is 6.07 Å². The molecular weight excluding hydrogens is 416 g/mol. The van der Waals surface area contributed by atoms with Crippen molar-refractivity contribution < 1.29 is 18.7 Å². The highest BCUT2D eigenvalue weighted by Crippen LogP contribution is 2.27. The highest BCUT2D eigenvalue weighted by molar-refractivity contribution is 6.14. The number of ketones is 1. The third-order valence-corrected chi connectivity index (χ3v) is 5.63. The summed E-state index contributed by atoms with van der Waals surface area (Å²) >= 11 is 0. The Hall–Kier alpha value is -3.99. The van der Waals surface area contributed by atoms with Gasteiger partial charge < -0.3 is 9.15 Å². The fraction of sp³-hybridized carbons (Fsp3) is 0.179. The van der Waals surface area contributed by atoms with Gasteiger partial charge in [0.25, 0.3) is 0 Å². The molecule has 5 nitrogen and oxygen atoms in total. The minimum atomic E-state index is -0.632. The summed E-state index contributed by atoms with van der Waals surface area (Å²) in [5.74, 6) is -0.605. The number of fused-ring (bicyclic) bond motifs is 1. The minimum Gasteiger partial charge on any atom is -0.457 e. The van der Waals surface area contributed by atoms with E-state index in [-0.39, 0.29) is 29.4 Å². The van der Waals surface area contributed by atoms with Crippen molar-refractivity contribution in [3.05, 3.63) is 117 Å². The average molecular weight is 440 g/mol. The van der Waals surface area contributed by atoms with Crippen molar-refractivity contribution in [2.45, 2.75) is 33.3 Å². The Morgan fingerprint density at radius 2 is 1.58 bits per heavy atom. The maximum Gasteiger partial charge on any atom is 0.339 e. The third kappa shape index (κ3) is 4.62. The van der Waals surface area contributed by atoms with Gasteiger partial charge in [-0.2, -0.15) is 0 Å². The molecular formula is C28H24O5. The van der Waals surface area contributed by atoms with Crippen LogP contribution in [-0.4, -0.2) is 11.8 Å². The van der Waals surface area contributed by atoms with Gasteiger partial charge in [0.2, 0.25) is 0 Å². The van der Waals surface area contributed by atoms with Gasteiger partial charge in [0.05, 0.1) is 5.56 Å². The van der Waals surface area contributed by atoms with Gasteiger partial charge in [-0.15, -0.1) is 0 Å². The molecule has 0 saturated carbocycles. The van der Waals surface area contributed by atoms with E-state index in [4.69, 9.17) is 9.15 Å². The van der Waals surface area contributed by atoms with Crippen molar-refractivity contribution in [1.29, 1.82) is 0 Å². The lowest BCUT2D eigenvalue weighted by atomic mass is 9.95.